The molecule has 1 heterocycles. The summed E-state index contributed by atoms with van der Waals surface area (Å²) in [6.07, 6.45) is 0. The number of fused-ring (bicyclic) bond motifs is 1. The second kappa shape index (κ2) is 6.72. The third-order valence-corrected chi connectivity index (χ3v) is 3.84. The van der Waals surface area contributed by atoms with Gasteiger partial charge in [0.05, 0.1) is 16.7 Å². The molecule has 0 aliphatic carbocycles. The topological polar surface area (TPSA) is 79.5 Å². The molecule has 0 aliphatic rings. The first-order valence-electron chi connectivity index (χ1n) is 7.69. The molecule has 25 heavy (non-hydrogen) atoms. The number of hydrogen-bond acceptors (Lipinski definition) is 4. The molecule has 0 atom stereocenters. The first-order valence-corrected chi connectivity index (χ1v) is 7.69. The fourth-order valence-corrected chi connectivity index (χ4v) is 2.58. The molecule has 128 valence electrons. The Morgan fingerprint density at radius 2 is 2.08 bits per heavy atom. The molecule has 0 spiro atoms. The van der Waals surface area contributed by atoms with Gasteiger partial charge in [0, 0.05) is 5.56 Å². The summed E-state index contributed by atoms with van der Waals surface area (Å²) in [6.45, 7) is 3.46. The quantitative estimate of drug-likeness (QED) is 0.566. The summed E-state index contributed by atoms with van der Waals surface area (Å²) in [5.74, 6) is -0.219. The second-order valence-corrected chi connectivity index (χ2v) is 5.63. The number of para-hydroxylation sites is 2. The van der Waals surface area contributed by atoms with Crippen LogP contribution in [-0.4, -0.2) is 26.3 Å². The number of carbonyl (C=O) groups is 1. The summed E-state index contributed by atoms with van der Waals surface area (Å²) in [6, 6.07) is 11.1. The van der Waals surface area contributed by atoms with Gasteiger partial charge in [0.15, 0.2) is 0 Å². The lowest BCUT2D eigenvalue weighted by Crippen LogP contribution is -2.24. The van der Waals surface area contributed by atoms with Crippen LogP contribution in [0.4, 0.5) is 4.39 Å². The number of aromatic hydroxyl groups is 1. The van der Waals surface area contributed by atoms with Crippen LogP contribution in [0.2, 0.25) is 0 Å². The summed E-state index contributed by atoms with van der Waals surface area (Å²) in [7, 11) is 0. The van der Waals surface area contributed by atoms with Crippen LogP contribution in [0.15, 0.2) is 47.6 Å². The highest BCUT2D eigenvalue weighted by atomic mass is 19.1. The molecule has 3 aromatic rings. The fourth-order valence-electron chi connectivity index (χ4n) is 2.58. The molecule has 6 nitrogen and oxygen atoms in total. The van der Waals surface area contributed by atoms with Crippen molar-refractivity contribution >= 4 is 22.7 Å². The molecule has 0 saturated heterocycles. The maximum absolute atomic E-state index is 13.3. The lowest BCUT2D eigenvalue weighted by molar-refractivity contribution is -0.121. The Hall–Kier alpha value is -3.22. The highest BCUT2D eigenvalue weighted by Crippen LogP contribution is 2.18. The Kier molecular flexibility index (Phi) is 4.47. The first-order chi connectivity index (χ1) is 12.0. The third-order valence-electron chi connectivity index (χ3n) is 3.84. The minimum absolute atomic E-state index is 0.0538. The van der Waals surface area contributed by atoms with E-state index in [-0.39, 0.29) is 23.8 Å². The molecular formula is C18H17FN4O2. The van der Waals surface area contributed by atoms with E-state index in [2.05, 4.69) is 15.5 Å². The number of amides is 1. The Morgan fingerprint density at radius 1 is 1.32 bits per heavy atom. The van der Waals surface area contributed by atoms with Crippen LogP contribution in [0.1, 0.15) is 18.3 Å². The van der Waals surface area contributed by atoms with E-state index in [1.165, 1.54) is 6.07 Å². The van der Waals surface area contributed by atoms with Crippen molar-refractivity contribution in [3.05, 3.63) is 59.7 Å². The van der Waals surface area contributed by atoms with Crippen molar-refractivity contribution in [2.45, 2.75) is 20.4 Å². The zero-order valence-corrected chi connectivity index (χ0v) is 13.8. The van der Waals surface area contributed by atoms with Gasteiger partial charge in [0.1, 0.15) is 23.9 Å². The summed E-state index contributed by atoms with van der Waals surface area (Å²) in [5.41, 5.74) is 4.63. The Balaban J connectivity index is 1.76. The first kappa shape index (κ1) is 16.6. The molecule has 0 aliphatic heterocycles. The number of rotatable bonds is 4. The van der Waals surface area contributed by atoms with Crippen LogP contribution >= 0.6 is 0 Å². The highest BCUT2D eigenvalue weighted by Gasteiger charge is 2.11. The van der Waals surface area contributed by atoms with Crippen molar-refractivity contribution in [3.63, 3.8) is 0 Å². The average molecular weight is 340 g/mol. The normalized spacial score (nSPS) is 11.7. The predicted molar refractivity (Wildman–Crippen MR) is 92.9 cm³/mol. The number of benzene rings is 2. The van der Waals surface area contributed by atoms with E-state index in [0.29, 0.717) is 5.71 Å². The molecule has 2 aromatic carbocycles. The molecule has 3 rings (SSSR count). The van der Waals surface area contributed by atoms with Crippen LogP contribution in [0.3, 0.4) is 0 Å². The van der Waals surface area contributed by atoms with Crippen molar-refractivity contribution in [2.75, 3.05) is 0 Å². The molecule has 0 bridgehead atoms. The zero-order chi connectivity index (χ0) is 18.0. The standard InChI is InChI=1S/C18H17FN4O2/c1-11(14-9-13(19)7-8-17(14)24)21-22-18(25)10-23-12(2)20-15-5-3-4-6-16(15)23/h3-9,24H,10H2,1-2H3,(H,22,25)/b21-11+. The van der Waals surface area contributed by atoms with Crippen molar-refractivity contribution < 1.29 is 14.3 Å². The lowest BCUT2D eigenvalue weighted by Gasteiger charge is -2.07. The maximum Gasteiger partial charge on any atom is 0.260 e. The highest BCUT2D eigenvalue weighted by molar-refractivity contribution is 6.01. The van der Waals surface area contributed by atoms with Gasteiger partial charge in [0.25, 0.3) is 5.91 Å². The number of phenolic OH excluding ortho intramolecular Hbond substituents is 1. The fraction of sp³-hybridized carbons (Fsp3) is 0.167. The molecular weight excluding hydrogens is 323 g/mol. The number of aryl methyl sites for hydroxylation is 1. The Bertz CT molecular complexity index is 978. The average Bonchev–Trinajstić information content (AvgIpc) is 2.90. The van der Waals surface area contributed by atoms with Crippen LogP contribution in [0.25, 0.3) is 11.0 Å². The molecule has 0 fully saturated rings. The van der Waals surface area contributed by atoms with Gasteiger partial charge in [-0.25, -0.2) is 14.8 Å². The van der Waals surface area contributed by atoms with E-state index in [1.54, 1.807) is 11.5 Å². The van der Waals surface area contributed by atoms with E-state index < -0.39 is 5.82 Å². The summed E-state index contributed by atoms with van der Waals surface area (Å²) < 4.78 is 15.1. The van der Waals surface area contributed by atoms with Gasteiger partial charge < -0.3 is 9.67 Å². The predicted octanol–water partition coefficient (Wildman–Crippen LogP) is 2.73. The molecule has 0 radical (unpaired) electrons. The molecule has 1 amide bonds. The molecule has 0 unspecified atom stereocenters. The van der Waals surface area contributed by atoms with Crippen LogP contribution in [0.5, 0.6) is 5.75 Å². The van der Waals surface area contributed by atoms with E-state index in [1.807, 2.05) is 31.2 Å². The summed E-state index contributed by atoms with van der Waals surface area (Å²) in [5, 5.41) is 13.7. The van der Waals surface area contributed by atoms with Gasteiger partial charge in [0.2, 0.25) is 0 Å². The third kappa shape index (κ3) is 3.50. The van der Waals surface area contributed by atoms with Gasteiger partial charge in [-0.05, 0) is 44.2 Å². The monoisotopic (exact) mass is 340 g/mol. The summed E-state index contributed by atoms with van der Waals surface area (Å²) >= 11 is 0. The molecule has 7 heteroatoms. The van der Waals surface area contributed by atoms with Crippen molar-refractivity contribution in [2.24, 2.45) is 5.10 Å². The van der Waals surface area contributed by atoms with Crippen LogP contribution < -0.4 is 5.43 Å². The van der Waals surface area contributed by atoms with Gasteiger partial charge >= 0.3 is 0 Å². The minimum Gasteiger partial charge on any atom is -0.507 e. The maximum atomic E-state index is 13.3. The largest absolute Gasteiger partial charge is 0.507 e. The second-order valence-electron chi connectivity index (χ2n) is 5.63. The number of aromatic nitrogens is 2. The molecule has 0 saturated carbocycles. The van der Waals surface area contributed by atoms with E-state index in [9.17, 15) is 14.3 Å². The number of nitrogens with zero attached hydrogens (tertiary/aromatic N) is 3. The molecule has 2 N–H and O–H groups in total. The summed E-state index contributed by atoms with van der Waals surface area (Å²) in [4.78, 5) is 16.6. The Labute approximate surface area is 143 Å². The molecule has 1 aromatic heterocycles. The number of nitrogens with one attached hydrogen (secondary N) is 1. The Morgan fingerprint density at radius 3 is 2.88 bits per heavy atom. The number of imidazole rings is 1. The van der Waals surface area contributed by atoms with Crippen LogP contribution in [0, 0.1) is 12.7 Å². The smallest absolute Gasteiger partial charge is 0.260 e. The van der Waals surface area contributed by atoms with Gasteiger partial charge in [-0.3, -0.25) is 4.79 Å². The SMILES string of the molecule is C/C(=N\NC(=O)Cn1c(C)nc2ccccc21)c1cc(F)ccc1O. The lowest BCUT2D eigenvalue weighted by atomic mass is 10.1. The van der Waals surface area contributed by atoms with E-state index in [4.69, 9.17) is 0 Å². The number of hydrogen-bond donors (Lipinski definition) is 2. The van der Waals surface area contributed by atoms with Crippen molar-refractivity contribution in [1.29, 1.82) is 0 Å². The minimum atomic E-state index is -0.491. The van der Waals surface area contributed by atoms with E-state index >= 15 is 0 Å². The van der Waals surface area contributed by atoms with Crippen molar-refractivity contribution in [1.82, 2.24) is 15.0 Å². The number of halogens is 1. The number of carbonyl (C=O) groups excluding carboxylic acids is 1. The van der Waals surface area contributed by atoms with E-state index in [0.717, 1.165) is 29.0 Å². The van der Waals surface area contributed by atoms with Crippen LogP contribution in [-0.2, 0) is 11.3 Å². The van der Waals surface area contributed by atoms with Crippen molar-refractivity contribution in [3.8, 4) is 5.75 Å². The van der Waals surface area contributed by atoms with Gasteiger partial charge in [-0.2, -0.15) is 5.10 Å². The number of hydrazone groups is 1. The van der Waals surface area contributed by atoms with Gasteiger partial charge in [-0.15, -0.1) is 0 Å². The van der Waals surface area contributed by atoms with Gasteiger partial charge in [-0.1, -0.05) is 12.1 Å². The number of phenols is 1. The zero-order valence-electron chi connectivity index (χ0n) is 13.8.